The van der Waals surface area contributed by atoms with Gasteiger partial charge in [-0.25, -0.2) is 4.98 Å². The Balaban J connectivity index is 1.70. The van der Waals surface area contributed by atoms with E-state index in [-0.39, 0.29) is 5.91 Å². The van der Waals surface area contributed by atoms with Crippen LogP contribution in [-0.2, 0) is 6.54 Å². The lowest BCUT2D eigenvalue weighted by Gasteiger charge is -2.14. The molecule has 0 unspecified atom stereocenters. The summed E-state index contributed by atoms with van der Waals surface area (Å²) in [6, 6.07) is 11.5. The molecule has 0 N–H and O–H groups in total. The van der Waals surface area contributed by atoms with Crippen molar-refractivity contribution in [1.82, 2.24) is 9.88 Å². The van der Waals surface area contributed by atoms with E-state index < -0.39 is 0 Å². The Labute approximate surface area is 159 Å². The van der Waals surface area contributed by atoms with Crippen LogP contribution in [0.3, 0.4) is 0 Å². The van der Waals surface area contributed by atoms with Crippen LogP contribution in [0.25, 0.3) is 10.6 Å². The van der Waals surface area contributed by atoms with Gasteiger partial charge in [0.05, 0.1) is 17.5 Å². The maximum absolute atomic E-state index is 12.6. The number of rotatable bonds is 6. The van der Waals surface area contributed by atoms with E-state index in [1.54, 1.807) is 17.3 Å². The summed E-state index contributed by atoms with van der Waals surface area (Å²) in [5.74, 6) is 0.728. The number of ether oxygens (including phenoxy) is 1. The van der Waals surface area contributed by atoms with Crippen LogP contribution in [-0.4, -0.2) is 29.4 Å². The Bertz CT molecular complexity index is 858. The summed E-state index contributed by atoms with van der Waals surface area (Å²) in [4.78, 5) is 19.7. The molecule has 0 saturated heterocycles. The molecule has 0 atom stereocenters. The Morgan fingerprint density at radius 2 is 2.00 bits per heavy atom. The van der Waals surface area contributed by atoms with Gasteiger partial charge in [-0.15, -0.1) is 22.7 Å². The fraction of sp³-hybridized carbons (Fsp3) is 0.222. The van der Waals surface area contributed by atoms with Crippen molar-refractivity contribution in [2.75, 3.05) is 13.7 Å². The van der Waals surface area contributed by atoms with Crippen molar-refractivity contribution in [3.63, 3.8) is 0 Å². The van der Waals surface area contributed by atoms with Crippen LogP contribution in [0.2, 0.25) is 4.34 Å². The predicted molar refractivity (Wildman–Crippen MR) is 104 cm³/mol. The lowest BCUT2D eigenvalue weighted by atomic mass is 10.2. The van der Waals surface area contributed by atoms with Crippen LogP contribution in [0.5, 0.6) is 5.75 Å². The number of hydrogen-bond donors (Lipinski definition) is 0. The topological polar surface area (TPSA) is 42.4 Å². The highest BCUT2D eigenvalue weighted by molar-refractivity contribution is 7.16. The molecular formula is C18H17ClN2O2S2. The van der Waals surface area contributed by atoms with Gasteiger partial charge in [-0.2, -0.15) is 0 Å². The molecule has 2 aromatic heterocycles. The maximum atomic E-state index is 12.6. The average molecular weight is 393 g/mol. The van der Waals surface area contributed by atoms with E-state index in [1.165, 1.54) is 22.7 Å². The molecule has 0 saturated carbocycles. The van der Waals surface area contributed by atoms with E-state index >= 15 is 0 Å². The highest BCUT2D eigenvalue weighted by atomic mass is 35.5. The molecule has 1 amide bonds. The van der Waals surface area contributed by atoms with E-state index in [0.29, 0.717) is 18.8 Å². The van der Waals surface area contributed by atoms with Crippen molar-refractivity contribution < 1.29 is 9.53 Å². The van der Waals surface area contributed by atoms with Crippen molar-refractivity contribution in [3.8, 4) is 16.3 Å². The SMILES string of the molecule is CCOc1ccc(-c2nc(C(=O)N(C)Cc3ccc(Cl)s3)cs2)cc1. The first kappa shape index (κ1) is 17.9. The first-order valence-electron chi connectivity index (χ1n) is 7.75. The van der Waals surface area contributed by atoms with Gasteiger partial charge >= 0.3 is 0 Å². The maximum Gasteiger partial charge on any atom is 0.273 e. The molecule has 2 heterocycles. The van der Waals surface area contributed by atoms with Crippen LogP contribution < -0.4 is 4.74 Å². The average Bonchev–Trinajstić information content (AvgIpc) is 3.24. The predicted octanol–water partition coefficient (Wildman–Crippen LogP) is 5.20. The Hall–Kier alpha value is -1.89. The minimum Gasteiger partial charge on any atom is -0.494 e. The summed E-state index contributed by atoms with van der Waals surface area (Å²) in [5, 5.41) is 2.62. The van der Waals surface area contributed by atoms with Crippen molar-refractivity contribution in [3.05, 3.63) is 56.7 Å². The molecule has 0 spiro atoms. The fourth-order valence-corrected chi connectivity index (χ4v) is 4.24. The minimum absolute atomic E-state index is 0.0991. The first-order chi connectivity index (χ1) is 12.1. The van der Waals surface area contributed by atoms with Crippen molar-refractivity contribution >= 4 is 40.2 Å². The van der Waals surface area contributed by atoms with Gasteiger partial charge in [0.2, 0.25) is 0 Å². The lowest BCUT2D eigenvalue weighted by molar-refractivity contribution is 0.0781. The lowest BCUT2D eigenvalue weighted by Crippen LogP contribution is -2.26. The molecule has 0 aliphatic rings. The molecule has 0 radical (unpaired) electrons. The highest BCUT2D eigenvalue weighted by Gasteiger charge is 2.17. The minimum atomic E-state index is -0.0991. The summed E-state index contributed by atoms with van der Waals surface area (Å²) >= 11 is 8.88. The summed E-state index contributed by atoms with van der Waals surface area (Å²) in [6.07, 6.45) is 0. The molecule has 0 aliphatic carbocycles. The molecule has 0 aliphatic heterocycles. The molecule has 1 aromatic carbocycles. The molecule has 4 nitrogen and oxygen atoms in total. The second kappa shape index (κ2) is 7.99. The second-order valence-electron chi connectivity index (χ2n) is 5.36. The van der Waals surface area contributed by atoms with Gasteiger partial charge in [0.15, 0.2) is 0 Å². The van der Waals surface area contributed by atoms with Gasteiger partial charge in [0.1, 0.15) is 16.5 Å². The van der Waals surface area contributed by atoms with E-state index in [0.717, 1.165) is 25.5 Å². The van der Waals surface area contributed by atoms with Gasteiger partial charge in [0.25, 0.3) is 5.91 Å². The van der Waals surface area contributed by atoms with E-state index in [9.17, 15) is 4.79 Å². The number of hydrogen-bond acceptors (Lipinski definition) is 5. The van der Waals surface area contributed by atoms with Crippen LogP contribution in [0.1, 0.15) is 22.3 Å². The van der Waals surface area contributed by atoms with Gasteiger partial charge < -0.3 is 9.64 Å². The molecule has 3 rings (SSSR count). The molecular weight excluding hydrogens is 376 g/mol. The van der Waals surface area contributed by atoms with Gasteiger partial charge in [-0.05, 0) is 43.3 Å². The Kier molecular flexibility index (Phi) is 5.73. The second-order valence-corrected chi connectivity index (χ2v) is 8.02. The van der Waals surface area contributed by atoms with Crippen molar-refractivity contribution in [2.24, 2.45) is 0 Å². The fourth-order valence-electron chi connectivity index (χ4n) is 2.30. The molecule has 0 fully saturated rings. The van der Waals surface area contributed by atoms with Gasteiger partial charge in [-0.3, -0.25) is 4.79 Å². The third kappa shape index (κ3) is 4.39. The van der Waals surface area contributed by atoms with E-state index in [1.807, 2.05) is 43.3 Å². The number of nitrogens with zero attached hydrogens (tertiary/aromatic N) is 2. The van der Waals surface area contributed by atoms with Gasteiger partial charge in [0, 0.05) is 22.9 Å². The molecule has 25 heavy (non-hydrogen) atoms. The largest absolute Gasteiger partial charge is 0.494 e. The first-order valence-corrected chi connectivity index (χ1v) is 9.82. The standard InChI is InChI=1S/C18H17ClN2O2S2/c1-3-23-13-6-4-12(5-7-13)17-20-15(11-24-17)18(22)21(2)10-14-8-9-16(19)25-14/h4-9,11H,3,10H2,1-2H3. The summed E-state index contributed by atoms with van der Waals surface area (Å²) in [5.41, 5.74) is 1.43. The number of halogens is 1. The Morgan fingerprint density at radius 1 is 1.24 bits per heavy atom. The van der Waals surface area contributed by atoms with Crippen molar-refractivity contribution in [1.29, 1.82) is 0 Å². The van der Waals surface area contributed by atoms with E-state index in [4.69, 9.17) is 16.3 Å². The van der Waals surface area contributed by atoms with Crippen LogP contribution in [0, 0.1) is 0 Å². The summed E-state index contributed by atoms with van der Waals surface area (Å²) in [7, 11) is 1.77. The third-order valence-electron chi connectivity index (χ3n) is 3.50. The van der Waals surface area contributed by atoms with Gasteiger partial charge in [-0.1, -0.05) is 11.6 Å². The number of thiazole rings is 1. The number of aromatic nitrogens is 1. The zero-order chi connectivity index (χ0) is 17.8. The monoisotopic (exact) mass is 392 g/mol. The zero-order valence-corrected chi connectivity index (χ0v) is 16.2. The third-order valence-corrected chi connectivity index (χ3v) is 5.61. The van der Waals surface area contributed by atoms with E-state index in [2.05, 4.69) is 4.98 Å². The van der Waals surface area contributed by atoms with Crippen LogP contribution in [0.15, 0.2) is 41.8 Å². The number of benzene rings is 1. The summed E-state index contributed by atoms with van der Waals surface area (Å²) < 4.78 is 6.17. The highest BCUT2D eigenvalue weighted by Crippen LogP contribution is 2.27. The normalized spacial score (nSPS) is 10.7. The molecule has 0 bridgehead atoms. The molecule has 130 valence electrons. The van der Waals surface area contributed by atoms with Crippen LogP contribution in [0.4, 0.5) is 0 Å². The van der Waals surface area contributed by atoms with Crippen LogP contribution >= 0.6 is 34.3 Å². The Morgan fingerprint density at radius 3 is 2.64 bits per heavy atom. The summed E-state index contributed by atoms with van der Waals surface area (Å²) in [6.45, 7) is 3.11. The number of amides is 1. The number of carbonyl (C=O) groups is 1. The zero-order valence-electron chi connectivity index (χ0n) is 13.9. The number of carbonyl (C=O) groups excluding carboxylic acids is 1. The van der Waals surface area contributed by atoms with Crippen molar-refractivity contribution in [2.45, 2.75) is 13.5 Å². The molecule has 7 heteroatoms. The number of thiophene rings is 1. The quantitative estimate of drug-likeness (QED) is 0.579. The molecule has 3 aromatic rings. The smallest absolute Gasteiger partial charge is 0.273 e.